The van der Waals surface area contributed by atoms with Crippen molar-refractivity contribution in [3.63, 3.8) is 0 Å². The van der Waals surface area contributed by atoms with Crippen LogP contribution in [0.1, 0.15) is 12.8 Å². The summed E-state index contributed by atoms with van der Waals surface area (Å²) in [5.74, 6) is -1.18. The molecule has 0 aliphatic carbocycles. The molecule has 1 fully saturated rings. The highest BCUT2D eigenvalue weighted by Gasteiger charge is 2.26. The van der Waals surface area contributed by atoms with Crippen LogP contribution in [-0.4, -0.2) is 54.7 Å². The second kappa shape index (κ2) is 6.19. The summed E-state index contributed by atoms with van der Waals surface area (Å²) in [5.41, 5.74) is 0. The van der Waals surface area contributed by atoms with E-state index in [1.54, 1.807) is 0 Å². The average Bonchev–Trinajstić information content (AvgIpc) is 2.63. The summed E-state index contributed by atoms with van der Waals surface area (Å²) in [4.78, 5) is 34.4. The SMILES string of the molecule is COC(=O)NC(=O)CN1CCC(CC(=O)O)C1. The van der Waals surface area contributed by atoms with Gasteiger partial charge in [0.1, 0.15) is 0 Å². The minimum atomic E-state index is -0.823. The first-order valence-corrected chi connectivity index (χ1v) is 5.33. The largest absolute Gasteiger partial charge is 0.481 e. The fourth-order valence-electron chi connectivity index (χ4n) is 1.88. The molecule has 1 atom stereocenters. The van der Waals surface area contributed by atoms with Crippen LogP contribution in [0.4, 0.5) is 4.79 Å². The van der Waals surface area contributed by atoms with Crippen molar-refractivity contribution in [2.24, 2.45) is 5.92 Å². The first kappa shape index (κ1) is 13.4. The molecule has 2 amide bonds. The lowest BCUT2D eigenvalue weighted by Crippen LogP contribution is -2.39. The van der Waals surface area contributed by atoms with E-state index in [2.05, 4.69) is 10.1 Å². The number of alkyl carbamates (subject to hydrolysis) is 1. The maximum absolute atomic E-state index is 11.3. The van der Waals surface area contributed by atoms with Crippen LogP contribution < -0.4 is 5.32 Å². The summed E-state index contributed by atoms with van der Waals surface area (Å²) in [6.45, 7) is 1.33. The summed E-state index contributed by atoms with van der Waals surface area (Å²) in [7, 11) is 1.18. The van der Waals surface area contributed by atoms with Crippen LogP contribution in [-0.2, 0) is 14.3 Å². The number of rotatable bonds is 4. The predicted octanol–water partition coefficient (Wildman–Crippen LogP) is -0.334. The molecule has 0 spiro atoms. The van der Waals surface area contributed by atoms with E-state index in [0.29, 0.717) is 13.1 Å². The van der Waals surface area contributed by atoms with Gasteiger partial charge in [-0.15, -0.1) is 0 Å². The van der Waals surface area contributed by atoms with Crippen molar-refractivity contribution in [2.45, 2.75) is 12.8 Å². The standard InChI is InChI=1S/C10H16N2O5/c1-17-10(16)11-8(13)6-12-3-2-7(5-12)4-9(14)15/h7H,2-6H2,1H3,(H,14,15)(H,11,13,16). The molecule has 96 valence electrons. The van der Waals surface area contributed by atoms with Crippen molar-refractivity contribution in [2.75, 3.05) is 26.7 Å². The van der Waals surface area contributed by atoms with E-state index < -0.39 is 18.0 Å². The van der Waals surface area contributed by atoms with Crippen molar-refractivity contribution in [3.05, 3.63) is 0 Å². The van der Waals surface area contributed by atoms with Crippen molar-refractivity contribution in [3.8, 4) is 0 Å². The molecule has 1 aliphatic rings. The van der Waals surface area contributed by atoms with Gasteiger partial charge in [-0.05, 0) is 18.9 Å². The normalized spacial score (nSPS) is 19.9. The van der Waals surface area contributed by atoms with Crippen LogP contribution >= 0.6 is 0 Å². The number of aliphatic carboxylic acids is 1. The predicted molar refractivity (Wildman–Crippen MR) is 57.3 cm³/mol. The van der Waals surface area contributed by atoms with Crippen molar-refractivity contribution >= 4 is 18.0 Å². The molecule has 0 aromatic heterocycles. The molecular formula is C10H16N2O5. The van der Waals surface area contributed by atoms with Gasteiger partial charge in [-0.3, -0.25) is 19.8 Å². The van der Waals surface area contributed by atoms with Crippen LogP contribution in [0.5, 0.6) is 0 Å². The van der Waals surface area contributed by atoms with Gasteiger partial charge in [-0.1, -0.05) is 0 Å². The Hall–Kier alpha value is -1.63. The highest BCUT2D eigenvalue weighted by molar-refractivity contribution is 5.92. The molecule has 7 heteroatoms. The van der Waals surface area contributed by atoms with E-state index in [-0.39, 0.29) is 18.9 Å². The van der Waals surface area contributed by atoms with Crippen molar-refractivity contribution < 1.29 is 24.2 Å². The van der Waals surface area contributed by atoms with Crippen LogP contribution in [0.3, 0.4) is 0 Å². The first-order chi connectivity index (χ1) is 8.01. The molecule has 7 nitrogen and oxygen atoms in total. The smallest absolute Gasteiger partial charge is 0.413 e. The molecule has 0 aromatic carbocycles. The lowest BCUT2D eigenvalue weighted by atomic mass is 10.1. The lowest BCUT2D eigenvalue weighted by molar-refractivity contribution is -0.138. The Labute approximate surface area is 98.7 Å². The number of carboxylic acids is 1. The average molecular weight is 244 g/mol. The number of nitrogens with one attached hydrogen (secondary N) is 1. The van der Waals surface area contributed by atoms with Crippen molar-refractivity contribution in [1.29, 1.82) is 0 Å². The Morgan fingerprint density at radius 3 is 2.76 bits per heavy atom. The molecule has 1 heterocycles. The number of hydrogen-bond donors (Lipinski definition) is 2. The molecule has 1 saturated heterocycles. The summed E-state index contributed by atoms with van der Waals surface area (Å²) in [6, 6.07) is 0. The zero-order chi connectivity index (χ0) is 12.8. The Morgan fingerprint density at radius 1 is 1.47 bits per heavy atom. The number of amides is 2. The maximum atomic E-state index is 11.3. The number of methoxy groups -OCH3 is 1. The molecule has 2 N–H and O–H groups in total. The van der Waals surface area contributed by atoms with E-state index in [1.165, 1.54) is 7.11 Å². The maximum Gasteiger partial charge on any atom is 0.413 e. The minimum absolute atomic E-state index is 0.0819. The Balaban J connectivity index is 2.27. The Kier molecular flexibility index (Phi) is 4.89. The third-order valence-electron chi connectivity index (χ3n) is 2.63. The number of hydrogen-bond acceptors (Lipinski definition) is 5. The number of carbonyl (C=O) groups excluding carboxylic acids is 2. The van der Waals surface area contributed by atoms with Crippen LogP contribution in [0.2, 0.25) is 0 Å². The van der Waals surface area contributed by atoms with Gasteiger partial charge in [0.15, 0.2) is 0 Å². The van der Waals surface area contributed by atoms with Gasteiger partial charge in [0.25, 0.3) is 0 Å². The van der Waals surface area contributed by atoms with E-state index in [9.17, 15) is 14.4 Å². The van der Waals surface area contributed by atoms with Gasteiger partial charge in [-0.2, -0.15) is 0 Å². The van der Waals surface area contributed by atoms with Gasteiger partial charge in [-0.25, -0.2) is 4.79 Å². The molecule has 0 bridgehead atoms. The molecule has 17 heavy (non-hydrogen) atoms. The van der Waals surface area contributed by atoms with Crippen LogP contribution in [0.25, 0.3) is 0 Å². The van der Waals surface area contributed by atoms with Crippen molar-refractivity contribution in [1.82, 2.24) is 10.2 Å². The Morgan fingerprint density at radius 2 is 2.18 bits per heavy atom. The zero-order valence-corrected chi connectivity index (χ0v) is 9.64. The zero-order valence-electron chi connectivity index (χ0n) is 9.64. The van der Waals surface area contributed by atoms with E-state index >= 15 is 0 Å². The Bertz CT molecular complexity index is 318. The second-order valence-electron chi connectivity index (χ2n) is 4.03. The number of likely N-dealkylation sites (tertiary alicyclic amines) is 1. The molecule has 1 aliphatic heterocycles. The molecule has 0 saturated carbocycles. The third kappa shape index (κ3) is 4.81. The summed E-state index contributed by atoms with van der Waals surface area (Å²) in [5, 5.41) is 10.7. The van der Waals surface area contributed by atoms with Gasteiger partial charge < -0.3 is 9.84 Å². The summed E-state index contributed by atoms with van der Waals surface area (Å²) in [6.07, 6.45) is 0.101. The monoisotopic (exact) mass is 244 g/mol. The first-order valence-electron chi connectivity index (χ1n) is 5.33. The fourth-order valence-corrected chi connectivity index (χ4v) is 1.88. The number of carboxylic acid groups (broad SMARTS) is 1. The highest BCUT2D eigenvalue weighted by atomic mass is 16.5. The van der Waals surface area contributed by atoms with E-state index in [4.69, 9.17) is 5.11 Å². The number of ether oxygens (including phenoxy) is 1. The molecule has 0 aromatic rings. The quantitative estimate of drug-likeness (QED) is 0.702. The molecular weight excluding hydrogens is 228 g/mol. The van der Waals surface area contributed by atoms with E-state index in [0.717, 1.165) is 6.42 Å². The molecule has 1 rings (SSSR count). The number of nitrogens with zero attached hydrogens (tertiary/aromatic N) is 1. The number of imide groups is 1. The van der Waals surface area contributed by atoms with Gasteiger partial charge >= 0.3 is 12.1 Å². The number of carbonyl (C=O) groups is 3. The van der Waals surface area contributed by atoms with E-state index in [1.807, 2.05) is 4.90 Å². The van der Waals surface area contributed by atoms with Crippen LogP contribution in [0.15, 0.2) is 0 Å². The van der Waals surface area contributed by atoms with Gasteiger partial charge in [0.05, 0.1) is 13.7 Å². The lowest BCUT2D eigenvalue weighted by Gasteiger charge is -2.14. The molecule has 1 unspecified atom stereocenters. The minimum Gasteiger partial charge on any atom is -0.481 e. The summed E-state index contributed by atoms with van der Waals surface area (Å²) >= 11 is 0. The second-order valence-corrected chi connectivity index (χ2v) is 4.03. The fraction of sp³-hybridized carbons (Fsp3) is 0.700. The van der Waals surface area contributed by atoms with Gasteiger partial charge in [0, 0.05) is 13.0 Å². The van der Waals surface area contributed by atoms with Crippen LogP contribution in [0, 0.1) is 5.92 Å². The molecule has 0 radical (unpaired) electrons. The highest BCUT2D eigenvalue weighted by Crippen LogP contribution is 2.18. The summed E-state index contributed by atoms with van der Waals surface area (Å²) < 4.78 is 4.29. The van der Waals surface area contributed by atoms with Gasteiger partial charge in [0.2, 0.25) is 5.91 Å². The third-order valence-corrected chi connectivity index (χ3v) is 2.63. The topological polar surface area (TPSA) is 95.9 Å².